The van der Waals surface area contributed by atoms with Gasteiger partial charge in [-0.25, -0.2) is 9.07 Å². The van der Waals surface area contributed by atoms with Crippen LogP contribution in [0.3, 0.4) is 0 Å². The van der Waals surface area contributed by atoms with Crippen LogP contribution in [-0.2, 0) is 4.79 Å². The molecule has 1 heterocycles. The normalized spacial score (nSPS) is 20.1. The van der Waals surface area contributed by atoms with E-state index in [1.807, 2.05) is 0 Å². The topological polar surface area (TPSA) is 84.2 Å². The molecule has 1 saturated carbocycles. The molecule has 126 valence electrons. The summed E-state index contributed by atoms with van der Waals surface area (Å²) in [5.41, 5.74) is 1.17. The molecular formula is C17H18FN3O3. The third kappa shape index (κ3) is 3.02. The molecule has 2 N–H and O–H groups in total. The number of nitrogens with one attached hydrogen (secondary N) is 1. The molecule has 0 aliphatic heterocycles. The third-order valence-electron chi connectivity index (χ3n) is 4.45. The Hall–Kier alpha value is -2.70. The van der Waals surface area contributed by atoms with Crippen molar-refractivity contribution in [2.24, 2.45) is 5.92 Å². The van der Waals surface area contributed by atoms with Crippen molar-refractivity contribution >= 4 is 11.9 Å². The van der Waals surface area contributed by atoms with E-state index >= 15 is 0 Å². The molecule has 2 unspecified atom stereocenters. The Labute approximate surface area is 138 Å². The molecule has 7 heteroatoms. The van der Waals surface area contributed by atoms with Crippen LogP contribution >= 0.6 is 0 Å². The molecule has 2 aromatic rings. The Morgan fingerprint density at radius 1 is 1.33 bits per heavy atom. The van der Waals surface area contributed by atoms with Gasteiger partial charge in [0.1, 0.15) is 11.5 Å². The lowest BCUT2D eigenvalue weighted by atomic mass is 10.1. The van der Waals surface area contributed by atoms with Crippen LogP contribution in [0.4, 0.5) is 4.39 Å². The minimum Gasteiger partial charge on any atom is -0.481 e. The maximum Gasteiger partial charge on any atom is 0.306 e. The van der Waals surface area contributed by atoms with Gasteiger partial charge in [-0.05, 0) is 38.3 Å². The number of carboxylic acids is 1. The predicted molar refractivity (Wildman–Crippen MR) is 84.5 cm³/mol. The molecule has 1 amide bonds. The number of carbonyl (C=O) groups excluding carboxylic acids is 1. The van der Waals surface area contributed by atoms with E-state index in [0.717, 1.165) is 0 Å². The van der Waals surface area contributed by atoms with Gasteiger partial charge >= 0.3 is 5.97 Å². The fraction of sp³-hybridized carbons (Fsp3) is 0.353. The van der Waals surface area contributed by atoms with E-state index in [0.29, 0.717) is 30.5 Å². The highest BCUT2D eigenvalue weighted by Gasteiger charge is 2.31. The number of carbonyl (C=O) groups is 2. The first kappa shape index (κ1) is 16.2. The van der Waals surface area contributed by atoms with Crippen molar-refractivity contribution in [2.45, 2.75) is 32.2 Å². The number of aliphatic carboxylic acids is 1. The molecule has 1 aliphatic carbocycles. The molecule has 3 rings (SSSR count). The Balaban J connectivity index is 1.75. The summed E-state index contributed by atoms with van der Waals surface area (Å²) < 4.78 is 15.3. The molecule has 6 nitrogen and oxygen atoms in total. The molecule has 0 radical (unpaired) electrons. The van der Waals surface area contributed by atoms with Crippen LogP contribution in [0, 0.1) is 18.7 Å². The minimum atomic E-state index is -0.824. The van der Waals surface area contributed by atoms with Crippen molar-refractivity contribution < 1.29 is 19.1 Å². The van der Waals surface area contributed by atoms with E-state index in [1.54, 1.807) is 25.1 Å². The number of rotatable bonds is 4. The Bertz CT molecular complexity index is 787. The van der Waals surface area contributed by atoms with Crippen molar-refractivity contribution in [3.8, 4) is 5.69 Å². The van der Waals surface area contributed by atoms with Gasteiger partial charge in [0.2, 0.25) is 0 Å². The second kappa shape index (κ2) is 6.43. The number of halogens is 1. The monoisotopic (exact) mass is 331 g/mol. The summed E-state index contributed by atoms with van der Waals surface area (Å²) in [5, 5.41) is 16.0. The zero-order valence-corrected chi connectivity index (χ0v) is 13.2. The van der Waals surface area contributed by atoms with Crippen molar-refractivity contribution in [1.29, 1.82) is 0 Å². The fourth-order valence-corrected chi connectivity index (χ4v) is 3.10. The van der Waals surface area contributed by atoms with Crippen molar-refractivity contribution in [1.82, 2.24) is 15.1 Å². The Kier molecular flexibility index (Phi) is 4.33. The van der Waals surface area contributed by atoms with Crippen LogP contribution in [0.2, 0.25) is 0 Å². The van der Waals surface area contributed by atoms with Gasteiger partial charge in [-0.1, -0.05) is 12.1 Å². The van der Waals surface area contributed by atoms with E-state index in [2.05, 4.69) is 10.4 Å². The van der Waals surface area contributed by atoms with Crippen molar-refractivity contribution in [2.75, 3.05) is 0 Å². The smallest absolute Gasteiger partial charge is 0.306 e. The fourth-order valence-electron chi connectivity index (χ4n) is 3.10. The maximum absolute atomic E-state index is 13.9. The highest BCUT2D eigenvalue weighted by atomic mass is 19.1. The van der Waals surface area contributed by atoms with Crippen molar-refractivity contribution in [3.63, 3.8) is 0 Å². The van der Waals surface area contributed by atoms with Crippen LogP contribution < -0.4 is 5.32 Å². The van der Waals surface area contributed by atoms with Gasteiger partial charge in [-0.15, -0.1) is 0 Å². The van der Waals surface area contributed by atoms with E-state index < -0.39 is 17.7 Å². The SMILES string of the molecule is Cc1c(C(=O)NC2CCC(C(=O)O)C2)cnn1-c1ccccc1F. The van der Waals surface area contributed by atoms with E-state index in [-0.39, 0.29) is 17.6 Å². The van der Waals surface area contributed by atoms with Gasteiger partial charge in [0.25, 0.3) is 5.91 Å². The van der Waals surface area contributed by atoms with E-state index in [1.165, 1.54) is 16.9 Å². The maximum atomic E-state index is 13.9. The minimum absolute atomic E-state index is 0.158. The summed E-state index contributed by atoms with van der Waals surface area (Å²) >= 11 is 0. The second-order valence-corrected chi connectivity index (χ2v) is 6.03. The summed E-state index contributed by atoms with van der Waals surface area (Å²) in [4.78, 5) is 23.4. The predicted octanol–water partition coefficient (Wildman–Crippen LogP) is 2.30. The first-order chi connectivity index (χ1) is 11.5. The lowest BCUT2D eigenvalue weighted by Crippen LogP contribution is -2.33. The van der Waals surface area contributed by atoms with E-state index in [4.69, 9.17) is 5.11 Å². The molecule has 0 spiro atoms. The van der Waals surface area contributed by atoms with Crippen LogP contribution in [-0.4, -0.2) is 32.8 Å². The standard InChI is InChI=1S/C17H18FN3O3/c1-10-13(9-19-21(10)15-5-3-2-4-14(15)18)16(22)20-12-7-6-11(8-12)17(23)24/h2-5,9,11-12H,6-8H2,1H3,(H,20,22)(H,23,24). The lowest BCUT2D eigenvalue weighted by molar-refractivity contribution is -0.141. The number of aromatic nitrogens is 2. The van der Waals surface area contributed by atoms with Gasteiger partial charge in [-0.3, -0.25) is 9.59 Å². The van der Waals surface area contributed by atoms with E-state index in [9.17, 15) is 14.0 Å². The zero-order chi connectivity index (χ0) is 17.3. The van der Waals surface area contributed by atoms with Crippen LogP contribution in [0.1, 0.15) is 35.3 Å². The van der Waals surface area contributed by atoms with Gasteiger partial charge < -0.3 is 10.4 Å². The largest absolute Gasteiger partial charge is 0.481 e. The van der Waals surface area contributed by atoms with Crippen LogP contribution in [0.5, 0.6) is 0 Å². The average Bonchev–Trinajstić information content (AvgIpc) is 3.15. The Morgan fingerprint density at radius 2 is 2.08 bits per heavy atom. The van der Waals surface area contributed by atoms with Crippen LogP contribution in [0.25, 0.3) is 5.69 Å². The summed E-state index contributed by atoms with van der Waals surface area (Å²) in [7, 11) is 0. The number of hydrogen-bond acceptors (Lipinski definition) is 3. The van der Waals surface area contributed by atoms with Gasteiger partial charge in [0.05, 0.1) is 23.4 Å². The molecule has 0 bridgehead atoms. The number of hydrogen-bond donors (Lipinski definition) is 2. The third-order valence-corrected chi connectivity index (χ3v) is 4.45. The second-order valence-electron chi connectivity index (χ2n) is 6.03. The quantitative estimate of drug-likeness (QED) is 0.900. The number of para-hydroxylation sites is 1. The first-order valence-corrected chi connectivity index (χ1v) is 7.80. The summed E-state index contributed by atoms with van der Waals surface area (Å²) in [6.45, 7) is 1.70. The zero-order valence-electron chi connectivity index (χ0n) is 13.2. The van der Waals surface area contributed by atoms with Crippen LogP contribution in [0.15, 0.2) is 30.5 Å². The van der Waals surface area contributed by atoms with Gasteiger partial charge in [0.15, 0.2) is 0 Å². The number of carboxylic acid groups (broad SMARTS) is 1. The van der Waals surface area contributed by atoms with Gasteiger partial charge in [0, 0.05) is 6.04 Å². The molecule has 24 heavy (non-hydrogen) atoms. The highest BCUT2D eigenvalue weighted by Crippen LogP contribution is 2.26. The molecule has 1 aromatic heterocycles. The summed E-state index contributed by atoms with van der Waals surface area (Å²) in [6, 6.07) is 6.05. The molecule has 1 aromatic carbocycles. The molecule has 1 fully saturated rings. The first-order valence-electron chi connectivity index (χ1n) is 7.80. The molecule has 0 saturated heterocycles. The Morgan fingerprint density at radius 3 is 2.75 bits per heavy atom. The summed E-state index contributed by atoms with van der Waals surface area (Å²) in [6.07, 6.45) is 3.04. The summed E-state index contributed by atoms with van der Waals surface area (Å²) in [5.74, 6) is -1.96. The average molecular weight is 331 g/mol. The molecular weight excluding hydrogens is 313 g/mol. The molecule has 2 atom stereocenters. The number of nitrogens with zero attached hydrogens (tertiary/aromatic N) is 2. The number of benzene rings is 1. The van der Waals surface area contributed by atoms with Gasteiger partial charge in [-0.2, -0.15) is 5.10 Å². The molecule has 1 aliphatic rings. The van der Waals surface area contributed by atoms with Crippen molar-refractivity contribution in [3.05, 3.63) is 47.5 Å². The lowest BCUT2D eigenvalue weighted by Gasteiger charge is -2.12. The highest BCUT2D eigenvalue weighted by molar-refractivity contribution is 5.95. The number of amides is 1.